The molecule has 0 aliphatic heterocycles. The molecule has 0 saturated heterocycles. The van der Waals surface area contributed by atoms with Crippen molar-refractivity contribution in [2.24, 2.45) is 0 Å². The summed E-state index contributed by atoms with van der Waals surface area (Å²) in [7, 11) is 1.31. The van der Waals surface area contributed by atoms with Crippen molar-refractivity contribution in [3.8, 4) is 5.75 Å². The van der Waals surface area contributed by atoms with Crippen molar-refractivity contribution < 1.29 is 14.5 Å². The minimum atomic E-state index is -0.577. The molecule has 0 saturated carbocycles. The second-order valence-electron chi connectivity index (χ2n) is 3.82. The highest BCUT2D eigenvalue weighted by atomic mass is 35.5. The Morgan fingerprint density at radius 1 is 1.43 bits per heavy atom. The zero-order valence-corrected chi connectivity index (χ0v) is 11.5. The smallest absolute Gasteiger partial charge is 0.273 e. The highest BCUT2D eigenvalue weighted by molar-refractivity contribution is 6.29. The van der Waals surface area contributed by atoms with Crippen LogP contribution in [0.2, 0.25) is 5.15 Å². The largest absolute Gasteiger partial charge is 0.496 e. The van der Waals surface area contributed by atoms with Crippen LogP contribution in [0.1, 0.15) is 10.4 Å². The third-order valence-electron chi connectivity index (χ3n) is 2.49. The first-order valence-electron chi connectivity index (χ1n) is 5.62. The van der Waals surface area contributed by atoms with Crippen molar-refractivity contribution in [1.82, 2.24) is 9.97 Å². The molecule has 0 spiro atoms. The van der Waals surface area contributed by atoms with E-state index >= 15 is 0 Å². The molecule has 0 aliphatic carbocycles. The average Bonchev–Trinajstić information content (AvgIpc) is 2.46. The summed E-state index contributed by atoms with van der Waals surface area (Å²) < 4.78 is 4.99. The summed E-state index contributed by atoms with van der Waals surface area (Å²) in [5.41, 5.74) is -0.0455. The van der Waals surface area contributed by atoms with Crippen LogP contribution in [0.5, 0.6) is 5.75 Å². The molecule has 108 valence electrons. The third kappa shape index (κ3) is 3.42. The molecule has 0 unspecified atom stereocenters. The van der Waals surface area contributed by atoms with E-state index in [0.717, 1.165) is 0 Å². The molecule has 1 amide bonds. The molecule has 2 aromatic rings. The highest BCUT2D eigenvalue weighted by Crippen LogP contribution is 2.25. The Labute approximate surface area is 123 Å². The van der Waals surface area contributed by atoms with Crippen molar-refractivity contribution >= 4 is 29.0 Å². The van der Waals surface area contributed by atoms with Crippen LogP contribution >= 0.6 is 11.6 Å². The Morgan fingerprint density at radius 3 is 2.81 bits per heavy atom. The van der Waals surface area contributed by atoms with Gasteiger partial charge in [-0.1, -0.05) is 11.6 Å². The SMILES string of the molecule is COc1cc([N+](=O)[O-])ccc1C(=O)Nc1cncc(Cl)n1. The van der Waals surface area contributed by atoms with E-state index in [1.807, 2.05) is 0 Å². The molecule has 1 aromatic carbocycles. The molecular formula is C12H9ClN4O4. The maximum atomic E-state index is 12.1. The highest BCUT2D eigenvalue weighted by Gasteiger charge is 2.17. The Balaban J connectivity index is 2.28. The molecule has 0 atom stereocenters. The van der Waals surface area contributed by atoms with Gasteiger partial charge < -0.3 is 10.1 Å². The first-order valence-corrected chi connectivity index (χ1v) is 6.00. The van der Waals surface area contributed by atoms with Crippen LogP contribution < -0.4 is 10.1 Å². The predicted octanol–water partition coefficient (Wildman–Crippen LogP) is 2.30. The zero-order valence-electron chi connectivity index (χ0n) is 10.7. The summed E-state index contributed by atoms with van der Waals surface area (Å²) in [6.45, 7) is 0. The number of amides is 1. The van der Waals surface area contributed by atoms with Gasteiger partial charge in [-0.05, 0) is 6.07 Å². The number of nitro groups is 1. The van der Waals surface area contributed by atoms with Crippen molar-refractivity contribution in [2.45, 2.75) is 0 Å². The summed E-state index contributed by atoms with van der Waals surface area (Å²) in [6, 6.07) is 3.67. The number of non-ortho nitro benzene ring substituents is 1. The number of anilines is 1. The lowest BCUT2D eigenvalue weighted by Gasteiger charge is -2.08. The van der Waals surface area contributed by atoms with Gasteiger partial charge in [-0.25, -0.2) is 4.98 Å². The lowest BCUT2D eigenvalue weighted by molar-refractivity contribution is -0.384. The molecule has 0 bridgehead atoms. The van der Waals surface area contributed by atoms with Crippen molar-refractivity contribution in [1.29, 1.82) is 0 Å². The fraction of sp³-hybridized carbons (Fsp3) is 0.0833. The minimum absolute atomic E-state index is 0.0803. The van der Waals surface area contributed by atoms with E-state index in [0.29, 0.717) is 0 Å². The number of halogens is 1. The monoisotopic (exact) mass is 308 g/mol. The number of benzene rings is 1. The fourth-order valence-electron chi connectivity index (χ4n) is 1.57. The van der Waals surface area contributed by atoms with Gasteiger partial charge in [0.1, 0.15) is 10.9 Å². The Morgan fingerprint density at radius 2 is 2.19 bits per heavy atom. The molecule has 1 aromatic heterocycles. The van der Waals surface area contributed by atoms with Crippen molar-refractivity contribution in [3.05, 3.63) is 51.4 Å². The first kappa shape index (κ1) is 14.7. The van der Waals surface area contributed by atoms with E-state index in [1.165, 1.54) is 37.7 Å². The van der Waals surface area contributed by atoms with Gasteiger partial charge in [-0.3, -0.25) is 19.9 Å². The number of rotatable bonds is 4. The lowest BCUT2D eigenvalue weighted by Crippen LogP contribution is -2.14. The van der Waals surface area contributed by atoms with Gasteiger partial charge >= 0.3 is 0 Å². The molecule has 0 radical (unpaired) electrons. The van der Waals surface area contributed by atoms with Gasteiger partial charge in [0.25, 0.3) is 11.6 Å². The molecule has 1 heterocycles. The van der Waals surface area contributed by atoms with E-state index in [4.69, 9.17) is 16.3 Å². The number of nitrogens with zero attached hydrogens (tertiary/aromatic N) is 3. The van der Waals surface area contributed by atoms with E-state index < -0.39 is 10.8 Å². The standard InChI is InChI=1S/C12H9ClN4O4/c1-21-9-4-7(17(19)20)2-3-8(9)12(18)16-11-6-14-5-10(13)15-11/h2-6H,1H3,(H,15,16,18). The number of aromatic nitrogens is 2. The lowest BCUT2D eigenvalue weighted by atomic mass is 10.1. The van der Waals surface area contributed by atoms with Crippen LogP contribution in [0.4, 0.5) is 11.5 Å². The topological polar surface area (TPSA) is 107 Å². The van der Waals surface area contributed by atoms with Crippen LogP contribution in [-0.2, 0) is 0 Å². The maximum Gasteiger partial charge on any atom is 0.273 e. The number of carbonyl (C=O) groups is 1. The first-order chi connectivity index (χ1) is 10.0. The summed E-state index contributed by atoms with van der Waals surface area (Å²) in [5, 5.41) is 13.3. The van der Waals surface area contributed by atoms with Crippen molar-refractivity contribution in [3.63, 3.8) is 0 Å². The van der Waals surface area contributed by atoms with E-state index in [2.05, 4.69) is 15.3 Å². The summed E-state index contributed by atoms with van der Waals surface area (Å²) in [5.74, 6) is -0.303. The van der Waals surface area contributed by atoms with Crippen molar-refractivity contribution in [2.75, 3.05) is 12.4 Å². The normalized spacial score (nSPS) is 10.0. The van der Waals surface area contributed by atoms with Gasteiger partial charge in [0.2, 0.25) is 0 Å². The number of hydrogen-bond acceptors (Lipinski definition) is 6. The number of nitro benzene ring substituents is 1. The average molecular weight is 309 g/mol. The number of nitrogens with one attached hydrogen (secondary N) is 1. The van der Waals surface area contributed by atoms with Crippen LogP contribution in [-0.4, -0.2) is 27.9 Å². The minimum Gasteiger partial charge on any atom is -0.496 e. The van der Waals surface area contributed by atoms with Crippen LogP contribution in [0, 0.1) is 10.1 Å². The quantitative estimate of drug-likeness (QED) is 0.686. The molecule has 1 N–H and O–H groups in total. The summed E-state index contributed by atoms with van der Waals surface area (Å²) in [4.78, 5) is 29.9. The molecule has 9 heteroatoms. The van der Waals surface area contributed by atoms with E-state index in [1.54, 1.807) is 0 Å². The summed E-state index contributed by atoms with van der Waals surface area (Å²) in [6.07, 6.45) is 2.64. The van der Waals surface area contributed by atoms with Crippen LogP contribution in [0.25, 0.3) is 0 Å². The van der Waals surface area contributed by atoms with Gasteiger partial charge in [0.05, 0.1) is 36.1 Å². The molecule has 0 fully saturated rings. The molecule has 21 heavy (non-hydrogen) atoms. The number of hydrogen-bond donors (Lipinski definition) is 1. The van der Waals surface area contributed by atoms with E-state index in [-0.39, 0.29) is 28.0 Å². The third-order valence-corrected chi connectivity index (χ3v) is 2.67. The second-order valence-corrected chi connectivity index (χ2v) is 4.21. The molecular weight excluding hydrogens is 300 g/mol. The van der Waals surface area contributed by atoms with Gasteiger partial charge in [0.15, 0.2) is 5.82 Å². The maximum absolute atomic E-state index is 12.1. The van der Waals surface area contributed by atoms with Crippen LogP contribution in [0.15, 0.2) is 30.6 Å². The van der Waals surface area contributed by atoms with Gasteiger partial charge in [-0.15, -0.1) is 0 Å². The molecule has 0 aliphatic rings. The fourth-order valence-corrected chi connectivity index (χ4v) is 1.71. The summed E-state index contributed by atoms with van der Waals surface area (Å²) >= 11 is 5.66. The second kappa shape index (κ2) is 6.14. The number of methoxy groups -OCH3 is 1. The Kier molecular flexibility index (Phi) is 4.29. The van der Waals surface area contributed by atoms with Gasteiger partial charge in [-0.2, -0.15) is 0 Å². The van der Waals surface area contributed by atoms with Gasteiger partial charge in [0, 0.05) is 6.07 Å². The van der Waals surface area contributed by atoms with Crippen LogP contribution in [0.3, 0.4) is 0 Å². The Bertz CT molecular complexity index is 707. The molecule has 8 nitrogen and oxygen atoms in total. The zero-order chi connectivity index (χ0) is 15.4. The molecule has 2 rings (SSSR count). The van der Waals surface area contributed by atoms with E-state index in [9.17, 15) is 14.9 Å². The number of ether oxygens (including phenoxy) is 1. The Hall–Kier alpha value is -2.74. The predicted molar refractivity (Wildman–Crippen MR) is 74.6 cm³/mol. The number of carbonyl (C=O) groups excluding carboxylic acids is 1.